The molecular formula is C29H30F2O2. The molecule has 0 radical (unpaired) electrons. The molecule has 4 heteroatoms. The summed E-state index contributed by atoms with van der Waals surface area (Å²) in [5.74, 6) is -0.979. The third-order valence-corrected chi connectivity index (χ3v) is 6.48. The quantitative estimate of drug-likeness (QED) is 0.324. The van der Waals surface area contributed by atoms with Gasteiger partial charge in [-0.15, -0.1) is 6.58 Å². The van der Waals surface area contributed by atoms with Crippen molar-refractivity contribution in [3.63, 3.8) is 0 Å². The molecule has 0 saturated heterocycles. The average Bonchev–Trinajstić information content (AvgIpc) is 2.87. The van der Waals surface area contributed by atoms with E-state index in [1.807, 2.05) is 24.3 Å². The summed E-state index contributed by atoms with van der Waals surface area (Å²) in [5, 5.41) is 0. The Labute approximate surface area is 194 Å². The van der Waals surface area contributed by atoms with Gasteiger partial charge in [0.15, 0.2) is 11.5 Å². The van der Waals surface area contributed by atoms with Crippen LogP contribution in [0.2, 0.25) is 0 Å². The predicted molar refractivity (Wildman–Crippen MR) is 129 cm³/mol. The lowest BCUT2D eigenvalue weighted by molar-refractivity contribution is 0.274. The van der Waals surface area contributed by atoms with Gasteiger partial charge in [-0.25, -0.2) is 0 Å². The minimum Gasteiger partial charge on any atom is -0.491 e. The molecule has 1 aliphatic carbocycles. The highest BCUT2D eigenvalue weighted by Gasteiger charge is 2.20. The van der Waals surface area contributed by atoms with Crippen LogP contribution in [0.1, 0.15) is 49.7 Å². The summed E-state index contributed by atoms with van der Waals surface area (Å²) >= 11 is 0. The first-order valence-electron chi connectivity index (χ1n) is 11.6. The van der Waals surface area contributed by atoms with E-state index in [0.717, 1.165) is 16.7 Å². The van der Waals surface area contributed by atoms with Gasteiger partial charge in [0.2, 0.25) is 11.6 Å². The van der Waals surface area contributed by atoms with E-state index in [1.54, 1.807) is 6.92 Å². The van der Waals surface area contributed by atoms with Crippen molar-refractivity contribution in [1.29, 1.82) is 0 Å². The third-order valence-electron chi connectivity index (χ3n) is 6.48. The van der Waals surface area contributed by atoms with E-state index in [0.29, 0.717) is 11.8 Å². The van der Waals surface area contributed by atoms with E-state index >= 15 is 0 Å². The fourth-order valence-electron chi connectivity index (χ4n) is 4.48. The lowest BCUT2D eigenvalue weighted by Gasteiger charge is -2.27. The van der Waals surface area contributed by atoms with Crippen molar-refractivity contribution in [3.05, 3.63) is 96.1 Å². The second-order valence-corrected chi connectivity index (χ2v) is 8.58. The van der Waals surface area contributed by atoms with Gasteiger partial charge in [-0.2, -0.15) is 8.78 Å². The highest BCUT2D eigenvalue weighted by atomic mass is 19.2. The highest BCUT2D eigenvalue weighted by molar-refractivity contribution is 5.64. The number of ether oxygens (including phenoxy) is 2. The molecule has 1 aliphatic rings. The van der Waals surface area contributed by atoms with Gasteiger partial charge in [-0.1, -0.05) is 54.6 Å². The van der Waals surface area contributed by atoms with Crippen molar-refractivity contribution in [2.24, 2.45) is 5.92 Å². The highest BCUT2D eigenvalue weighted by Crippen LogP contribution is 2.37. The van der Waals surface area contributed by atoms with E-state index in [1.165, 1.54) is 43.4 Å². The monoisotopic (exact) mass is 448 g/mol. The molecule has 2 nitrogen and oxygen atoms in total. The molecule has 0 heterocycles. The zero-order chi connectivity index (χ0) is 23.2. The largest absolute Gasteiger partial charge is 0.491 e. The molecule has 0 aliphatic heterocycles. The van der Waals surface area contributed by atoms with Crippen LogP contribution in [0.25, 0.3) is 11.1 Å². The van der Waals surface area contributed by atoms with Crippen LogP contribution in [0.3, 0.4) is 0 Å². The van der Waals surface area contributed by atoms with Crippen molar-refractivity contribution in [2.45, 2.75) is 45.1 Å². The Kier molecular flexibility index (Phi) is 7.43. The number of hydrogen-bond acceptors (Lipinski definition) is 2. The van der Waals surface area contributed by atoms with Gasteiger partial charge in [-0.05, 0) is 78.8 Å². The lowest BCUT2D eigenvalue weighted by Crippen LogP contribution is -2.11. The molecule has 1 saturated carbocycles. The van der Waals surface area contributed by atoms with Crippen LogP contribution in [0.5, 0.6) is 11.5 Å². The van der Waals surface area contributed by atoms with Gasteiger partial charge in [-0.3, -0.25) is 0 Å². The average molecular weight is 449 g/mol. The van der Waals surface area contributed by atoms with E-state index < -0.39 is 11.6 Å². The Bertz CT molecular complexity index is 1070. The zero-order valence-corrected chi connectivity index (χ0v) is 19.0. The van der Waals surface area contributed by atoms with E-state index in [4.69, 9.17) is 9.47 Å². The molecule has 33 heavy (non-hydrogen) atoms. The maximum atomic E-state index is 14.2. The molecule has 1 fully saturated rings. The molecule has 0 N–H and O–H groups in total. The van der Waals surface area contributed by atoms with Gasteiger partial charge in [0.05, 0.1) is 6.61 Å². The van der Waals surface area contributed by atoms with E-state index in [2.05, 4.69) is 36.9 Å². The Balaban J connectivity index is 1.37. The normalized spacial score (nSPS) is 18.0. The van der Waals surface area contributed by atoms with E-state index in [-0.39, 0.29) is 24.7 Å². The first-order chi connectivity index (χ1) is 16.1. The zero-order valence-electron chi connectivity index (χ0n) is 19.0. The molecule has 0 spiro atoms. The standard InChI is InChI=1S/C29H30F2O2/c1-3-20-5-9-22(10-6-20)24-13-15-25(16-14-24)23-11-7-21(8-12-23)19-33-27-18-17-26(32-4-2)28(30)29(27)31/h3,7-8,11-18,20,22H,1,4-6,9-10,19H2,2H3. The first kappa shape index (κ1) is 23.0. The Morgan fingerprint density at radius 3 is 1.88 bits per heavy atom. The number of benzene rings is 3. The fourth-order valence-corrected chi connectivity index (χ4v) is 4.48. The summed E-state index contributed by atoms with van der Waals surface area (Å²) < 4.78 is 38.8. The molecule has 0 atom stereocenters. The van der Waals surface area contributed by atoms with Crippen LogP contribution >= 0.6 is 0 Å². The second-order valence-electron chi connectivity index (χ2n) is 8.58. The number of halogens is 2. The number of allylic oxidation sites excluding steroid dienone is 1. The van der Waals surface area contributed by atoms with Crippen LogP contribution in [0.4, 0.5) is 8.78 Å². The topological polar surface area (TPSA) is 18.5 Å². The second kappa shape index (κ2) is 10.7. The fraction of sp³-hybridized carbons (Fsp3) is 0.310. The predicted octanol–water partition coefficient (Wildman–Crippen LogP) is 8.07. The summed E-state index contributed by atoms with van der Waals surface area (Å²) in [4.78, 5) is 0. The molecule has 3 aromatic rings. The van der Waals surface area contributed by atoms with Crippen LogP contribution in [-0.2, 0) is 6.61 Å². The Morgan fingerprint density at radius 2 is 1.33 bits per heavy atom. The third kappa shape index (κ3) is 5.44. The molecule has 4 rings (SSSR count). The van der Waals surface area contributed by atoms with Crippen molar-refractivity contribution >= 4 is 0 Å². The van der Waals surface area contributed by atoms with Crippen LogP contribution < -0.4 is 9.47 Å². The van der Waals surface area contributed by atoms with Crippen molar-refractivity contribution in [1.82, 2.24) is 0 Å². The summed E-state index contributed by atoms with van der Waals surface area (Å²) in [7, 11) is 0. The molecule has 0 bridgehead atoms. The Hall–Kier alpha value is -3.14. The molecule has 0 amide bonds. The summed E-state index contributed by atoms with van der Waals surface area (Å²) in [5.41, 5.74) is 4.56. The van der Waals surface area contributed by atoms with Crippen LogP contribution in [0, 0.1) is 17.6 Å². The van der Waals surface area contributed by atoms with Crippen LogP contribution in [0.15, 0.2) is 73.3 Å². The van der Waals surface area contributed by atoms with Gasteiger partial charge >= 0.3 is 0 Å². The van der Waals surface area contributed by atoms with Crippen molar-refractivity contribution < 1.29 is 18.3 Å². The minimum absolute atomic E-state index is 0.109. The molecule has 172 valence electrons. The maximum absolute atomic E-state index is 14.2. The summed E-state index contributed by atoms with van der Waals surface area (Å²) in [6.45, 7) is 6.07. The van der Waals surface area contributed by atoms with Gasteiger partial charge < -0.3 is 9.47 Å². The molecule has 0 aromatic heterocycles. The Morgan fingerprint density at radius 1 is 0.788 bits per heavy atom. The number of rotatable bonds is 8. The lowest BCUT2D eigenvalue weighted by atomic mass is 9.78. The molecular weight excluding hydrogens is 418 g/mol. The van der Waals surface area contributed by atoms with Crippen molar-refractivity contribution in [2.75, 3.05) is 6.61 Å². The van der Waals surface area contributed by atoms with Crippen LogP contribution in [-0.4, -0.2) is 6.61 Å². The maximum Gasteiger partial charge on any atom is 0.204 e. The SMILES string of the molecule is C=CC1CCC(c2ccc(-c3ccc(COc4ccc(OCC)c(F)c4F)cc3)cc2)CC1. The smallest absolute Gasteiger partial charge is 0.204 e. The number of hydrogen-bond donors (Lipinski definition) is 0. The summed E-state index contributed by atoms with van der Waals surface area (Å²) in [6.07, 6.45) is 7.01. The van der Waals surface area contributed by atoms with Crippen molar-refractivity contribution in [3.8, 4) is 22.6 Å². The van der Waals surface area contributed by atoms with E-state index in [9.17, 15) is 8.78 Å². The first-order valence-corrected chi connectivity index (χ1v) is 11.6. The minimum atomic E-state index is -1.03. The van der Waals surface area contributed by atoms with Gasteiger partial charge in [0, 0.05) is 0 Å². The summed E-state index contributed by atoms with van der Waals surface area (Å²) in [6, 6.07) is 19.6. The molecule has 0 unspecified atom stereocenters. The van der Waals surface area contributed by atoms with Gasteiger partial charge in [0.1, 0.15) is 6.61 Å². The molecule has 3 aromatic carbocycles. The van der Waals surface area contributed by atoms with Gasteiger partial charge in [0.25, 0.3) is 0 Å².